The number of benzene rings is 2. The first-order chi connectivity index (χ1) is 13.6. The molecular weight excluding hydrogens is 430 g/mol. The number of carbonyl (C=O) groups is 1. The number of thiazole rings is 1. The highest BCUT2D eigenvalue weighted by Gasteiger charge is 2.23. The van der Waals surface area contributed by atoms with E-state index in [4.69, 9.17) is 16.6 Å². The molecule has 0 saturated carbocycles. The summed E-state index contributed by atoms with van der Waals surface area (Å²) in [4.78, 5) is 23.9. The molecule has 4 rings (SSSR count). The van der Waals surface area contributed by atoms with E-state index in [1.54, 1.807) is 34.9 Å². The van der Waals surface area contributed by atoms with Crippen LogP contribution in [0.5, 0.6) is 0 Å². The van der Waals surface area contributed by atoms with Crippen molar-refractivity contribution in [1.29, 1.82) is 0 Å². The smallest absolute Gasteiger partial charge is 0.233 e. The number of hydrogen-bond acceptors (Lipinski definition) is 6. The number of thioether (sulfide) groups is 2. The van der Waals surface area contributed by atoms with Gasteiger partial charge < -0.3 is 9.80 Å². The van der Waals surface area contributed by atoms with Crippen molar-refractivity contribution in [2.45, 2.75) is 9.79 Å². The predicted molar refractivity (Wildman–Crippen MR) is 122 cm³/mol. The highest BCUT2D eigenvalue weighted by molar-refractivity contribution is 8.00. The Kier molecular flexibility index (Phi) is 6.35. The van der Waals surface area contributed by atoms with Gasteiger partial charge in [-0.05, 0) is 48.7 Å². The number of hydrogen-bond donors (Lipinski definition) is 0. The van der Waals surface area contributed by atoms with Crippen LogP contribution in [0.1, 0.15) is 0 Å². The number of halogens is 1. The molecule has 0 aliphatic carbocycles. The lowest BCUT2D eigenvalue weighted by atomic mass is 10.3. The molecule has 1 amide bonds. The molecule has 0 N–H and O–H groups in total. The van der Waals surface area contributed by atoms with Gasteiger partial charge in [-0.15, -0.1) is 23.5 Å². The fourth-order valence-electron chi connectivity index (χ4n) is 3.07. The Balaban J connectivity index is 1.32. The monoisotopic (exact) mass is 449 g/mol. The SMILES string of the molecule is CSc1ccc2nc(N3CCN(C(=O)CSc4ccc(Cl)cc4)CC3)sc2c1. The first-order valence-electron chi connectivity index (χ1n) is 8.98. The van der Waals surface area contributed by atoms with E-state index in [1.165, 1.54) is 9.60 Å². The van der Waals surface area contributed by atoms with Crippen LogP contribution in [0, 0.1) is 0 Å². The van der Waals surface area contributed by atoms with E-state index in [9.17, 15) is 4.79 Å². The quantitative estimate of drug-likeness (QED) is 0.505. The molecule has 2 heterocycles. The molecule has 2 aromatic carbocycles. The Morgan fingerprint density at radius 2 is 1.82 bits per heavy atom. The topological polar surface area (TPSA) is 36.4 Å². The molecule has 1 aromatic heterocycles. The molecule has 0 unspecified atom stereocenters. The maximum Gasteiger partial charge on any atom is 0.233 e. The van der Waals surface area contributed by atoms with Crippen LogP contribution in [0.25, 0.3) is 10.2 Å². The van der Waals surface area contributed by atoms with Gasteiger partial charge in [0, 0.05) is 41.0 Å². The van der Waals surface area contributed by atoms with E-state index in [1.807, 2.05) is 29.2 Å². The van der Waals surface area contributed by atoms with Crippen molar-refractivity contribution in [3.05, 3.63) is 47.5 Å². The van der Waals surface area contributed by atoms with Gasteiger partial charge in [0.15, 0.2) is 5.13 Å². The lowest BCUT2D eigenvalue weighted by Crippen LogP contribution is -2.49. The summed E-state index contributed by atoms with van der Waals surface area (Å²) in [7, 11) is 0. The summed E-state index contributed by atoms with van der Waals surface area (Å²) in [5.41, 5.74) is 1.05. The fraction of sp³-hybridized carbons (Fsp3) is 0.300. The number of piperazine rings is 1. The van der Waals surface area contributed by atoms with Crippen molar-refractivity contribution in [3.8, 4) is 0 Å². The summed E-state index contributed by atoms with van der Waals surface area (Å²) in [5.74, 6) is 0.647. The number of anilines is 1. The average molecular weight is 450 g/mol. The zero-order valence-corrected chi connectivity index (χ0v) is 18.6. The molecule has 1 aliphatic rings. The van der Waals surface area contributed by atoms with Crippen LogP contribution in [0.3, 0.4) is 0 Å². The number of aromatic nitrogens is 1. The third-order valence-electron chi connectivity index (χ3n) is 4.66. The Morgan fingerprint density at radius 1 is 1.11 bits per heavy atom. The molecule has 3 aromatic rings. The van der Waals surface area contributed by atoms with E-state index < -0.39 is 0 Å². The van der Waals surface area contributed by atoms with E-state index in [0.29, 0.717) is 10.8 Å². The number of rotatable bonds is 5. The summed E-state index contributed by atoms with van der Waals surface area (Å²) in [6, 6.07) is 14.0. The minimum Gasteiger partial charge on any atom is -0.345 e. The lowest BCUT2D eigenvalue weighted by Gasteiger charge is -2.34. The van der Waals surface area contributed by atoms with Crippen LogP contribution in [-0.2, 0) is 4.79 Å². The molecule has 4 nitrogen and oxygen atoms in total. The van der Waals surface area contributed by atoms with Crippen molar-refractivity contribution in [2.24, 2.45) is 0 Å². The summed E-state index contributed by atoms with van der Waals surface area (Å²) < 4.78 is 1.22. The third kappa shape index (κ3) is 4.59. The van der Waals surface area contributed by atoms with Crippen molar-refractivity contribution in [3.63, 3.8) is 0 Å². The molecule has 8 heteroatoms. The second kappa shape index (κ2) is 8.95. The van der Waals surface area contributed by atoms with Crippen LogP contribution >= 0.6 is 46.5 Å². The standard InChI is InChI=1S/C20H20ClN3OS3/c1-26-16-6-7-17-18(12-16)28-20(22-17)24-10-8-23(9-11-24)19(25)13-27-15-4-2-14(21)3-5-15/h2-7,12H,8-11,13H2,1H3. The van der Waals surface area contributed by atoms with Gasteiger partial charge in [-0.25, -0.2) is 4.98 Å². The molecule has 0 bridgehead atoms. The van der Waals surface area contributed by atoms with Crippen molar-refractivity contribution < 1.29 is 4.79 Å². The van der Waals surface area contributed by atoms with Crippen molar-refractivity contribution in [2.75, 3.05) is 43.1 Å². The molecule has 1 saturated heterocycles. The molecule has 1 aliphatic heterocycles. The van der Waals surface area contributed by atoms with Crippen LogP contribution in [-0.4, -0.2) is 54.0 Å². The summed E-state index contributed by atoms with van der Waals surface area (Å²) in [6.45, 7) is 3.14. The molecule has 28 heavy (non-hydrogen) atoms. The van der Waals surface area contributed by atoms with Crippen molar-refractivity contribution in [1.82, 2.24) is 9.88 Å². The van der Waals surface area contributed by atoms with Gasteiger partial charge in [-0.2, -0.15) is 0 Å². The molecule has 1 fully saturated rings. The molecule has 146 valence electrons. The summed E-state index contributed by atoms with van der Waals surface area (Å²) in [5, 5.41) is 1.77. The zero-order chi connectivity index (χ0) is 19.5. The van der Waals surface area contributed by atoms with Gasteiger partial charge >= 0.3 is 0 Å². The maximum absolute atomic E-state index is 12.5. The molecular formula is C20H20ClN3OS3. The largest absolute Gasteiger partial charge is 0.345 e. The summed E-state index contributed by atoms with van der Waals surface area (Å²) >= 11 is 10.9. The molecule has 0 atom stereocenters. The first kappa shape index (κ1) is 19.9. The predicted octanol–water partition coefficient (Wildman–Crippen LogP) is 5.11. The van der Waals surface area contributed by atoms with E-state index in [2.05, 4.69) is 29.4 Å². The highest BCUT2D eigenvalue weighted by Crippen LogP contribution is 2.32. The van der Waals surface area contributed by atoms with Crippen molar-refractivity contribution >= 4 is 67.7 Å². The van der Waals surface area contributed by atoms with Crippen LogP contribution < -0.4 is 4.90 Å². The number of amides is 1. The lowest BCUT2D eigenvalue weighted by molar-refractivity contribution is -0.128. The zero-order valence-electron chi connectivity index (χ0n) is 15.4. The average Bonchev–Trinajstić information content (AvgIpc) is 3.16. The van der Waals surface area contributed by atoms with Gasteiger partial charge in [0.05, 0.1) is 16.0 Å². The van der Waals surface area contributed by atoms with Crippen LogP contribution in [0.2, 0.25) is 5.02 Å². The number of carbonyl (C=O) groups excluding carboxylic acids is 1. The van der Waals surface area contributed by atoms with E-state index >= 15 is 0 Å². The Morgan fingerprint density at radius 3 is 2.54 bits per heavy atom. The van der Waals surface area contributed by atoms with E-state index in [-0.39, 0.29) is 5.91 Å². The number of fused-ring (bicyclic) bond motifs is 1. The summed E-state index contributed by atoms with van der Waals surface area (Å²) in [6.07, 6.45) is 2.09. The first-order valence-corrected chi connectivity index (χ1v) is 12.4. The second-order valence-electron chi connectivity index (χ2n) is 6.44. The minimum atomic E-state index is 0.188. The normalized spacial score (nSPS) is 14.6. The van der Waals surface area contributed by atoms with Gasteiger partial charge in [-0.3, -0.25) is 4.79 Å². The molecule has 0 spiro atoms. The minimum absolute atomic E-state index is 0.188. The van der Waals surface area contributed by atoms with Gasteiger partial charge in [0.1, 0.15) is 0 Å². The third-order valence-corrected chi connectivity index (χ3v) is 7.72. The Labute approximate surface area is 182 Å². The van der Waals surface area contributed by atoms with Gasteiger partial charge in [0.25, 0.3) is 0 Å². The second-order valence-corrected chi connectivity index (χ2v) is 9.81. The Hall–Kier alpha value is -1.41. The fourth-order valence-corrected chi connectivity index (χ4v) is 5.57. The maximum atomic E-state index is 12.5. The Bertz CT molecular complexity index is 968. The number of nitrogens with zero attached hydrogens (tertiary/aromatic N) is 3. The van der Waals surface area contributed by atoms with Gasteiger partial charge in [0.2, 0.25) is 5.91 Å². The van der Waals surface area contributed by atoms with E-state index in [0.717, 1.165) is 41.7 Å². The van der Waals surface area contributed by atoms with Crippen LogP contribution in [0.15, 0.2) is 52.3 Å². The molecule has 0 radical (unpaired) electrons. The van der Waals surface area contributed by atoms with Gasteiger partial charge in [-0.1, -0.05) is 22.9 Å². The van der Waals surface area contributed by atoms with Crippen LogP contribution in [0.4, 0.5) is 5.13 Å². The highest BCUT2D eigenvalue weighted by atomic mass is 35.5.